The Hall–Kier alpha value is -4.12. The fourth-order valence-electron chi connectivity index (χ4n) is 6.16. The van der Waals surface area contributed by atoms with Gasteiger partial charge in [0.05, 0.1) is 31.7 Å². The van der Waals surface area contributed by atoms with E-state index in [0.29, 0.717) is 5.69 Å². The van der Waals surface area contributed by atoms with E-state index in [0.717, 1.165) is 39.3 Å². The van der Waals surface area contributed by atoms with Gasteiger partial charge in [0.15, 0.2) is 0 Å². The summed E-state index contributed by atoms with van der Waals surface area (Å²) in [5.74, 6) is 0.356. The van der Waals surface area contributed by atoms with Crippen molar-refractivity contribution in [1.29, 1.82) is 0 Å². The van der Waals surface area contributed by atoms with Gasteiger partial charge in [-0.15, -0.1) is 0 Å². The lowest BCUT2D eigenvalue weighted by Crippen LogP contribution is -2.33. The number of hydrogen-bond donors (Lipinski definition) is 0. The Balaban J connectivity index is 1.48. The van der Waals surface area contributed by atoms with Crippen molar-refractivity contribution in [2.45, 2.75) is 6.92 Å². The van der Waals surface area contributed by atoms with Crippen LogP contribution in [0.3, 0.4) is 0 Å². The normalized spacial score (nSPS) is 23.9. The largest absolute Gasteiger partial charge is 0.497 e. The highest BCUT2D eigenvalue weighted by atomic mass is 16.5. The molecule has 3 aliphatic rings. The third kappa shape index (κ3) is 3.23. The maximum absolute atomic E-state index is 13.8. The Morgan fingerprint density at radius 3 is 1.61 bits per heavy atom. The highest BCUT2D eigenvalue weighted by molar-refractivity contribution is 6.23. The molecule has 2 aliphatic carbocycles. The van der Waals surface area contributed by atoms with Crippen molar-refractivity contribution < 1.29 is 19.1 Å². The van der Waals surface area contributed by atoms with Crippen LogP contribution in [0.25, 0.3) is 5.57 Å². The average molecular weight is 478 g/mol. The first-order valence-electron chi connectivity index (χ1n) is 12.2. The molecule has 1 aliphatic heterocycles. The number of allylic oxidation sites excluding steroid dienone is 3. The fourth-order valence-corrected chi connectivity index (χ4v) is 6.16. The molecule has 36 heavy (non-hydrogen) atoms. The number of para-hydroxylation sites is 1. The van der Waals surface area contributed by atoms with E-state index in [9.17, 15) is 9.59 Å². The second-order valence-corrected chi connectivity index (χ2v) is 9.57. The van der Waals surface area contributed by atoms with Crippen molar-refractivity contribution in [2.24, 2.45) is 23.7 Å². The topological polar surface area (TPSA) is 55.8 Å². The van der Waals surface area contributed by atoms with E-state index in [1.54, 1.807) is 14.2 Å². The molecule has 2 bridgehead atoms. The molecule has 4 atom stereocenters. The summed E-state index contributed by atoms with van der Waals surface area (Å²) in [4.78, 5) is 29.0. The fraction of sp³-hybridized carbons (Fsp3) is 0.226. The standard InChI is InChI=1S/C31H27NO4/c1-18-6-4-5-7-25(18)32-30(33)28-23-16-17-24(29(28)31(32)34)27(23)26(19-8-12-21(35-2)13-9-19)20-10-14-22(36-3)15-11-20/h4-17,23-24,28-29H,1-3H3/t23-,24-,28+,29+/m1/s1. The predicted molar refractivity (Wildman–Crippen MR) is 139 cm³/mol. The minimum Gasteiger partial charge on any atom is -0.497 e. The number of hydrogen-bond acceptors (Lipinski definition) is 4. The molecular weight excluding hydrogens is 450 g/mol. The number of rotatable bonds is 5. The third-order valence-corrected chi connectivity index (χ3v) is 7.82. The molecule has 3 aromatic carbocycles. The van der Waals surface area contributed by atoms with E-state index in [2.05, 4.69) is 12.2 Å². The molecule has 0 radical (unpaired) electrons. The molecule has 1 saturated heterocycles. The Bertz CT molecular complexity index is 1330. The lowest BCUT2D eigenvalue weighted by molar-refractivity contribution is -0.122. The number of carbonyl (C=O) groups is 2. The predicted octanol–water partition coefficient (Wildman–Crippen LogP) is 5.44. The number of methoxy groups -OCH3 is 2. The Labute approximate surface area is 210 Å². The molecule has 6 rings (SSSR count). The summed E-state index contributed by atoms with van der Waals surface area (Å²) in [7, 11) is 3.30. The number of nitrogens with zero attached hydrogens (tertiary/aromatic N) is 1. The highest BCUT2D eigenvalue weighted by Crippen LogP contribution is 2.59. The van der Waals surface area contributed by atoms with Crippen LogP contribution in [0.1, 0.15) is 16.7 Å². The van der Waals surface area contributed by atoms with Gasteiger partial charge in [-0.1, -0.05) is 54.6 Å². The molecule has 5 heteroatoms. The van der Waals surface area contributed by atoms with Crippen molar-refractivity contribution in [3.05, 3.63) is 107 Å². The van der Waals surface area contributed by atoms with Gasteiger partial charge in [0, 0.05) is 11.8 Å². The van der Waals surface area contributed by atoms with Crippen molar-refractivity contribution in [3.63, 3.8) is 0 Å². The number of aryl methyl sites for hydroxylation is 1. The Morgan fingerprint density at radius 1 is 0.694 bits per heavy atom. The van der Waals surface area contributed by atoms with Gasteiger partial charge in [-0.3, -0.25) is 9.59 Å². The van der Waals surface area contributed by atoms with Crippen molar-refractivity contribution in [1.82, 2.24) is 0 Å². The quantitative estimate of drug-likeness (QED) is 0.363. The van der Waals surface area contributed by atoms with E-state index in [1.807, 2.05) is 79.7 Å². The molecule has 3 aromatic rings. The van der Waals surface area contributed by atoms with Crippen LogP contribution in [0.5, 0.6) is 11.5 Å². The van der Waals surface area contributed by atoms with Gasteiger partial charge >= 0.3 is 0 Å². The molecule has 0 N–H and O–H groups in total. The molecule has 0 spiro atoms. The molecule has 0 unspecified atom stereocenters. The first-order valence-corrected chi connectivity index (χ1v) is 12.2. The third-order valence-electron chi connectivity index (χ3n) is 7.82. The number of carbonyl (C=O) groups excluding carboxylic acids is 2. The maximum atomic E-state index is 13.8. The first-order chi connectivity index (χ1) is 17.5. The summed E-state index contributed by atoms with van der Waals surface area (Å²) in [6.45, 7) is 1.94. The van der Waals surface area contributed by atoms with Crippen LogP contribution in [-0.4, -0.2) is 26.0 Å². The van der Waals surface area contributed by atoms with Crippen LogP contribution in [0.2, 0.25) is 0 Å². The monoisotopic (exact) mass is 477 g/mol. The van der Waals surface area contributed by atoms with E-state index >= 15 is 0 Å². The van der Waals surface area contributed by atoms with Crippen LogP contribution < -0.4 is 14.4 Å². The Morgan fingerprint density at radius 2 is 1.17 bits per heavy atom. The van der Waals surface area contributed by atoms with Gasteiger partial charge < -0.3 is 9.47 Å². The van der Waals surface area contributed by atoms with Gasteiger partial charge in [0.25, 0.3) is 0 Å². The van der Waals surface area contributed by atoms with Crippen LogP contribution in [0, 0.1) is 30.6 Å². The summed E-state index contributed by atoms with van der Waals surface area (Å²) >= 11 is 0. The second-order valence-electron chi connectivity index (χ2n) is 9.57. The summed E-state index contributed by atoms with van der Waals surface area (Å²) in [6, 6.07) is 23.6. The van der Waals surface area contributed by atoms with Crippen LogP contribution >= 0.6 is 0 Å². The van der Waals surface area contributed by atoms with E-state index in [4.69, 9.17) is 9.47 Å². The molecule has 0 aromatic heterocycles. The van der Waals surface area contributed by atoms with Gasteiger partial charge in [0.2, 0.25) is 11.8 Å². The summed E-state index contributed by atoms with van der Waals surface area (Å²) in [6.07, 6.45) is 4.25. The summed E-state index contributed by atoms with van der Waals surface area (Å²) < 4.78 is 10.8. The zero-order valence-electron chi connectivity index (χ0n) is 20.5. The lowest BCUT2D eigenvalue weighted by Gasteiger charge is -2.22. The van der Waals surface area contributed by atoms with Crippen molar-refractivity contribution >= 4 is 23.1 Å². The maximum Gasteiger partial charge on any atom is 0.238 e. The van der Waals surface area contributed by atoms with Gasteiger partial charge in [-0.25, -0.2) is 4.90 Å². The van der Waals surface area contributed by atoms with Crippen molar-refractivity contribution in [3.8, 4) is 11.5 Å². The van der Waals surface area contributed by atoms with Crippen LogP contribution in [-0.2, 0) is 9.59 Å². The number of imide groups is 1. The van der Waals surface area contributed by atoms with Gasteiger partial charge in [0.1, 0.15) is 11.5 Å². The summed E-state index contributed by atoms with van der Waals surface area (Å²) in [5, 5.41) is 0. The molecular formula is C31H27NO4. The minimum absolute atomic E-state index is 0.0996. The first kappa shape index (κ1) is 22.4. The number of amides is 2. The molecule has 1 saturated carbocycles. The smallest absolute Gasteiger partial charge is 0.238 e. The average Bonchev–Trinajstić information content (AvgIpc) is 3.54. The molecule has 180 valence electrons. The zero-order valence-corrected chi connectivity index (χ0v) is 20.5. The number of ether oxygens (including phenoxy) is 2. The molecule has 1 heterocycles. The zero-order chi connectivity index (χ0) is 25.0. The minimum atomic E-state index is -0.381. The number of fused-ring (bicyclic) bond motifs is 5. The SMILES string of the molecule is COc1ccc(C(=C2[C@H]3C=C[C@H]2[C@@H]2C(=O)N(c4ccccc4C)C(=O)[C@H]23)c2ccc(OC)cc2)cc1. The highest BCUT2D eigenvalue weighted by Gasteiger charge is 2.62. The number of anilines is 1. The molecule has 2 fully saturated rings. The van der Waals surface area contributed by atoms with E-state index < -0.39 is 0 Å². The molecule has 5 nitrogen and oxygen atoms in total. The van der Waals surface area contributed by atoms with Gasteiger partial charge in [-0.2, -0.15) is 0 Å². The Kier molecular flexibility index (Phi) is 5.29. The van der Waals surface area contributed by atoms with Crippen LogP contribution in [0.15, 0.2) is 90.5 Å². The van der Waals surface area contributed by atoms with Crippen molar-refractivity contribution in [2.75, 3.05) is 19.1 Å². The van der Waals surface area contributed by atoms with E-state index in [-0.39, 0.29) is 35.5 Å². The van der Waals surface area contributed by atoms with Crippen LogP contribution in [0.4, 0.5) is 5.69 Å². The van der Waals surface area contributed by atoms with Gasteiger partial charge in [-0.05, 0) is 65.1 Å². The van der Waals surface area contributed by atoms with E-state index in [1.165, 1.54) is 4.90 Å². The second kappa shape index (κ2) is 8.52. The number of benzene rings is 3. The molecule has 2 amide bonds. The summed E-state index contributed by atoms with van der Waals surface area (Å²) in [5.41, 5.74) is 5.89. The lowest BCUT2D eigenvalue weighted by atomic mass is 9.85.